The smallest absolute Gasteiger partial charge is 0.243 e. The van der Waals surface area contributed by atoms with E-state index in [2.05, 4.69) is 30.1 Å². The molecule has 0 aromatic heterocycles. The third kappa shape index (κ3) is 5.09. The number of benzene rings is 2. The zero-order valence-corrected chi connectivity index (χ0v) is 18.6. The fourth-order valence-corrected chi connectivity index (χ4v) is 5.57. The molecule has 1 saturated heterocycles. The quantitative estimate of drug-likeness (QED) is 0.665. The highest BCUT2D eigenvalue weighted by molar-refractivity contribution is 7.89. The first-order valence-electron chi connectivity index (χ1n) is 10.6. The lowest BCUT2D eigenvalue weighted by molar-refractivity contribution is -0.124. The van der Waals surface area contributed by atoms with E-state index in [1.165, 1.54) is 9.87 Å². The zero-order valence-electron chi connectivity index (χ0n) is 17.8. The number of sulfonamides is 1. The van der Waals surface area contributed by atoms with Gasteiger partial charge in [0.25, 0.3) is 0 Å². The Bertz CT molecular complexity index is 943. The second-order valence-electron chi connectivity index (χ2n) is 7.53. The van der Waals surface area contributed by atoms with Crippen molar-refractivity contribution in [3.63, 3.8) is 0 Å². The molecule has 0 saturated carbocycles. The van der Waals surface area contributed by atoms with Crippen molar-refractivity contribution >= 4 is 15.9 Å². The Morgan fingerprint density at radius 2 is 1.67 bits per heavy atom. The van der Waals surface area contributed by atoms with Gasteiger partial charge in [0, 0.05) is 19.6 Å². The van der Waals surface area contributed by atoms with Gasteiger partial charge in [-0.2, -0.15) is 4.31 Å². The average Bonchev–Trinajstić information content (AvgIpc) is 3.28. The van der Waals surface area contributed by atoms with Crippen LogP contribution < -0.4 is 5.32 Å². The first-order valence-corrected chi connectivity index (χ1v) is 12.0. The maximum atomic E-state index is 13.0. The lowest BCUT2D eigenvalue weighted by Crippen LogP contribution is -2.45. The third-order valence-electron chi connectivity index (χ3n) is 5.72. The van der Waals surface area contributed by atoms with Crippen LogP contribution in [0.3, 0.4) is 0 Å². The van der Waals surface area contributed by atoms with Gasteiger partial charge in [-0.15, -0.1) is 0 Å². The maximum Gasteiger partial charge on any atom is 0.243 e. The molecule has 162 valence electrons. The largest absolute Gasteiger partial charge is 0.351 e. The summed E-state index contributed by atoms with van der Waals surface area (Å²) in [4.78, 5) is 15.5. The second kappa shape index (κ2) is 10.2. The molecular formula is C23H31N3O3S. The highest BCUT2D eigenvalue weighted by Gasteiger charge is 2.39. The summed E-state index contributed by atoms with van der Waals surface area (Å²) in [5.41, 5.74) is 2.25. The monoisotopic (exact) mass is 429 g/mol. The Balaban J connectivity index is 1.69. The zero-order chi connectivity index (χ0) is 21.6. The molecule has 2 aromatic carbocycles. The number of hydrogen-bond donors (Lipinski definition) is 1. The van der Waals surface area contributed by atoms with Gasteiger partial charge >= 0.3 is 0 Å². The van der Waals surface area contributed by atoms with E-state index in [9.17, 15) is 13.2 Å². The molecule has 1 aliphatic heterocycles. The van der Waals surface area contributed by atoms with Crippen molar-refractivity contribution in [3.8, 4) is 0 Å². The number of rotatable bonds is 9. The number of carbonyl (C=O) groups excluding carboxylic acids is 1. The molecule has 2 aromatic rings. The minimum absolute atomic E-state index is 0.231. The van der Waals surface area contributed by atoms with Gasteiger partial charge in [-0.3, -0.25) is 9.69 Å². The molecule has 1 aliphatic rings. The molecule has 7 heteroatoms. The molecular weight excluding hydrogens is 398 g/mol. The molecule has 1 unspecified atom stereocenters. The predicted octanol–water partition coefficient (Wildman–Crippen LogP) is 3.00. The highest BCUT2D eigenvalue weighted by atomic mass is 32.2. The minimum atomic E-state index is -3.68. The lowest BCUT2D eigenvalue weighted by Gasteiger charge is -2.24. The van der Waals surface area contributed by atoms with E-state index in [0.717, 1.165) is 25.2 Å². The molecule has 1 N–H and O–H groups in total. The van der Waals surface area contributed by atoms with Crippen molar-refractivity contribution < 1.29 is 13.2 Å². The standard InChI is InChI=1S/C23H31N3O3S/c1-3-25(4-2)18-20-12-9-8-11-19(20)17-24-23(27)22-15-10-16-26(22)30(28,29)21-13-6-5-7-14-21/h5-9,11-14,22H,3-4,10,15-18H2,1-2H3,(H,24,27). The summed E-state index contributed by atoms with van der Waals surface area (Å²) in [6.07, 6.45) is 1.22. The molecule has 1 amide bonds. The van der Waals surface area contributed by atoms with E-state index in [-0.39, 0.29) is 10.8 Å². The Kier molecular flexibility index (Phi) is 7.64. The van der Waals surface area contributed by atoms with Gasteiger partial charge in [-0.1, -0.05) is 56.3 Å². The topological polar surface area (TPSA) is 69.7 Å². The molecule has 0 spiro atoms. The summed E-state index contributed by atoms with van der Waals surface area (Å²) in [6, 6.07) is 15.7. The van der Waals surface area contributed by atoms with Crippen LogP contribution in [-0.2, 0) is 27.9 Å². The van der Waals surface area contributed by atoms with Gasteiger partial charge in [-0.05, 0) is 49.2 Å². The van der Waals surface area contributed by atoms with Crippen molar-refractivity contribution in [1.29, 1.82) is 0 Å². The first-order chi connectivity index (χ1) is 14.5. The van der Waals surface area contributed by atoms with E-state index in [1.807, 2.05) is 18.2 Å². The van der Waals surface area contributed by atoms with Crippen LogP contribution in [0.25, 0.3) is 0 Å². The molecule has 6 nitrogen and oxygen atoms in total. The molecule has 0 bridgehead atoms. The van der Waals surface area contributed by atoms with E-state index in [4.69, 9.17) is 0 Å². The Labute approximate surface area is 179 Å². The second-order valence-corrected chi connectivity index (χ2v) is 9.43. The number of carbonyl (C=O) groups is 1. The number of nitrogens with zero attached hydrogens (tertiary/aromatic N) is 2. The van der Waals surface area contributed by atoms with Crippen LogP contribution in [0.2, 0.25) is 0 Å². The molecule has 3 rings (SSSR count). The van der Waals surface area contributed by atoms with Crippen LogP contribution in [-0.4, -0.2) is 49.2 Å². The fraction of sp³-hybridized carbons (Fsp3) is 0.435. The number of hydrogen-bond acceptors (Lipinski definition) is 4. The van der Waals surface area contributed by atoms with Crippen molar-refractivity contribution in [2.75, 3.05) is 19.6 Å². The van der Waals surface area contributed by atoms with Gasteiger partial charge in [-0.25, -0.2) is 8.42 Å². The van der Waals surface area contributed by atoms with Crippen molar-refractivity contribution in [1.82, 2.24) is 14.5 Å². The summed E-state index contributed by atoms with van der Waals surface area (Å²) in [6.45, 7) is 7.79. The predicted molar refractivity (Wildman–Crippen MR) is 118 cm³/mol. The van der Waals surface area contributed by atoms with E-state index >= 15 is 0 Å². The van der Waals surface area contributed by atoms with E-state index in [1.54, 1.807) is 30.3 Å². The number of amides is 1. The van der Waals surface area contributed by atoms with Gasteiger partial charge in [0.15, 0.2) is 0 Å². The number of nitrogens with one attached hydrogen (secondary N) is 1. The van der Waals surface area contributed by atoms with Crippen molar-refractivity contribution in [3.05, 3.63) is 65.7 Å². The molecule has 30 heavy (non-hydrogen) atoms. The Hall–Kier alpha value is -2.22. The van der Waals surface area contributed by atoms with Crippen molar-refractivity contribution in [2.45, 2.75) is 50.7 Å². The average molecular weight is 430 g/mol. The fourth-order valence-electron chi connectivity index (χ4n) is 3.89. The summed E-state index contributed by atoms with van der Waals surface area (Å²) in [7, 11) is -3.68. The molecule has 1 atom stereocenters. The molecule has 1 heterocycles. The SMILES string of the molecule is CCN(CC)Cc1ccccc1CNC(=O)C1CCCN1S(=O)(=O)c1ccccc1. The molecule has 0 aliphatic carbocycles. The maximum absolute atomic E-state index is 13.0. The Morgan fingerprint density at radius 3 is 2.33 bits per heavy atom. The normalized spacial score (nSPS) is 17.4. The summed E-state index contributed by atoms with van der Waals surface area (Å²) in [5, 5.41) is 2.98. The minimum Gasteiger partial charge on any atom is -0.351 e. The van der Waals surface area contributed by atoms with Gasteiger partial charge < -0.3 is 5.32 Å². The summed E-state index contributed by atoms with van der Waals surface area (Å²) < 4.78 is 27.4. The Morgan fingerprint density at radius 1 is 1.03 bits per heavy atom. The van der Waals surface area contributed by atoms with Crippen LogP contribution in [0.5, 0.6) is 0 Å². The molecule has 0 radical (unpaired) electrons. The van der Waals surface area contributed by atoms with Gasteiger partial charge in [0.2, 0.25) is 15.9 Å². The van der Waals surface area contributed by atoms with Crippen LogP contribution in [0.1, 0.15) is 37.8 Å². The van der Waals surface area contributed by atoms with Crippen LogP contribution >= 0.6 is 0 Å². The van der Waals surface area contributed by atoms with E-state index < -0.39 is 16.1 Å². The third-order valence-corrected chi connectivity index (χ3v) is 7.64. The van der Waals surface area contributed by atoms with Gasteiger partial charge in [0.05, 0.1) is 4.90 Å². The van der Waals surface area contributed by atoms with Crippen molar-refractivity contribution in [2.24, 2.45) is 0 Å². The van der Waals surface area contributed by atoms with Crippen LogP contribution in [0.4, 0.5) is 0 Å². The summed E-state index contributed by atoms with van der Waals surface area (Å²) in [5.74, 6) is -0.232. The lowest BCUT2D eigenvalue weighted by atomic mass is 10.1. The van der Waals surface area contributed by atoms with Crippen LogP contribution in [0.15, 0.2) is 59.5 Å². The highest BCUT2D eigenvalue weighted by Crippen LogP contribution is 2.26. The molecule has 1 fully saturated rings. The first kappa shape index (κ1) is 22.5. The van der Waals surface area contributed by atoms with E-state index in [0.29, 0.717) is 25.9 Å². The summed E-state index contributed by atoms with van der Waals surface area (Å²) >= 11 is 0. The van der Waals surface area contributed by atoms with Crippen LogP contribution in [0, 0.1) is 0 Å². The van der Waals surface area contributed by atoms with Gasteiger partial charge in [0.1, 0.15) is 6.04 Å².